The Hall–Kier alpha value is -1.47. The third-order valence-electron chi connectivity index (χ3n) is 3.09. The van der Waals surface area contributed by atoms with Crippen LogP contribution in [-0.4, -0.2) is 50.4 Å². The van der Waals surface area contributed by atoms with E-state index in [2.05, 4.69) is 5.32 Å². The predicted octanol–water partition coefficient (Wildman–Crippen LogP) is 1.52. The van der Waals surface area contributed by atoms with Gasteiger partial charge in [0.05, 0.1) is 5.75 Å². The Morgan fingerprint density at radius 3 is 2.29 bits per heavy atom. The monoisotopic (exact) mass is 316 g/mol. The van der Waals surface area contributed by atoms with Gasteiger partial charge in [-0.25, -0.2) is 12.8 Å². The number of sulfone groups is 1. The zero-order valence-corrected chi connectivity index (χ0v) is 13.1. The van der Waals surface area contributed by atoms with Crippen LogP contribution < -0.4 is 5.32 Å². The van der Waals surface area contributed by atoms with Gasteiger partial charge in [-0.2, -0.15) is 0 Å². The summed E-state index contributed by atoms with van der Waals surface area (Å²) in [4.78, 5) is 13.7. The number of halogens is 1. The highest BCUT2D eigenvalue weighted by molar-refractivity contribution is 7.92. The Balaban J connectivity index is 2.50. The van der Waals surface area contributed by atoms with E-state index in [1.54, 1.807) is 0 Å². The summed E-state index contributed by atoms with van der Waals surface area (Å²) in [5.41, 5.74) is 0.375. The van der Waals surface area contributed by atoms with Crippen molar-refractivity contribution >= 4 is 21.4 Å². The Labute approximate surface area is 125 Å². The molecule has 0 atom stereocenters. The molecular weight excluding hydrogens is 295 g/mol. The Kier molecular flexibility index (Phi) is 6.77. The number of hydrogen-bond acceptors (Lipinski definition) is 4. The number of amides is 1. The highest BCUT2D eigenvalue weighted by Crippen LogP contribution is 2.08. The first-order valence-electron chi connectivity index (χ1n) is 6.84. The van der Waals surface area contributed by atoms with E-state index in [4.69, 9.17) is 0 Å². The molecule has 0 unspecified atom stereocenters. The maximum atomic E-state index is 12.7. The minimum absolute atomic E-state index is 0.0501. The second-order valence-electron chi connectivity index (χ2n) is 4.67. The van der Waals surface area contributed by atoms with Crippen LogP contribution in [0, 0.1) is 5.82 Å². The fraction of sp³-hybridized carbons (Fsp3) is 0.500. The molecule has 1 aromatic rings. The van der Waals surface area contributed by atoms with E-state index in [9.17, 15) is 17.6 Å². The summed E-state index contributed by atoms with van der Waals surface area (Å²) >= 11 is 0. The fourth-order valence-electron chi connectivity index (χ4n) is 1.81. The van der Waals surface area contributed by atoms with Gasteiger partial charge in [0.1, 0.15) is 11.6 Å². The summed E-state index contributed by atoms with van der Waals surface area (Å²) in [6, 6.07) is 5.17. The standard InChI is InChI=1S/C14H21FN2O3S/c1-3-17(4-2)9-10-21(19,20)11-14(18)16-13-7-5-12(15)6-8-13/h5-8H,3-4,9-11H2,1-2H3,(H,16,18). The second kappa shape index (κ2) is 8.09. The Morgan fingerprint density at radius 2 is 1.76 bits per heavy atom. The van der Waals surface area contributed by atoms with Gasteiger partial charge in [-0.15, -0.1) is 0 Å². The van der Waals surface area contributed by atoms with Crippen molar-refractivity contribution in [3.63, 3.8) is 0 Å². The van der Waals surface area contributed by atoms with Crippen LogP contribution in [0.1, 0.15) is 13.8 Å². The van der Waals surface area contributed by atoms with Crippen molar-refractivity contribution in [2.45, 2.75) is 13.8 Å². The number of anilines is 1. The molecule has 1 aromatic carbocycles. The maximum absolute atomic E-state index is 12.7. The van der Waals surface area contributed by atoms with E-state index in [0.717, 1.165) is 13.1 Å². The quantitative estimate of drug-likeness (QED) is 0.790. The smallest absolute Gasteiger partial charge is 0.239 e. The van der Waals surface area contributed by atoms with E-state index < -0.39 is 27.3 Å². The molecule has 0 aliphatic heterocycles. The van der Waals surface area contributed by atoms with Gasteiger partial charge in [0.25, 0.3) is 0 Å². The van der Waals surface area contributed by atoms with Crippen LogP contribution in [0.5, 0.6) is 0 Å². The van der Waals surface area contributed by atoms with Crippen LogP contribution in [0.3, 0.4) is 0 Å². The van der Waals surface area contributed by atoms with Gasteiger partial charge >= 0.3 is 0 Å². The number of hydrogen-bond donors (Lipinski definition) is 1. The first-order chi connectivity index (χ1) is 9.86. The molecule has 0 aliphatic rings. The second-order valence-corrected chi connectivity index (χ2v) is 6.86. The Morgan fingerprint density at radius 1 is 1.19 bits per heavy atom. The summed E-state index contributed by atoms with van der Waals surface area (Å²) in [6.07, 6.45) is 0. The average molecular weight is 316 g/mol. The zero-order valence-electron chi connectivity index (χ0n) is 12.3. The molecule has 118 valence electrons. The molecule has 0 spiro atoms. The summed E-state index contributed by atoms with van der Waals surface area (Å²) < 4.78 is 36.5. The molecule has 1 rings (SSSR count). The molecule has 0 fully saturated rings. The van der Waals surface area contributed by atoms with Crippen molar-refractivity contribution in [1.82, 2.24) is 4.90 Å². The lowest BCUT2D eigenvalue weighted by molar-refractivity contribution is -0.113. The van der Waals surface area contributed by atoms with Crippen LogP contribution in [0.4, 0.5) is 10.1 Å². The third-order valence-corrected chi connectivity index (χ3v) is 4.60. The molecule has 1 amide bonds. The molecule has 0 aliphatic carbocycles. The molecule has 0 bridgehead atoms. The largest absolute Gasteiger partial charge is 0.325 e. The van der Waals surface area contributed by atoms with Crippen LogP contribution in [-0.2, 0) is 14.6 Å². The van der Waals surface area contributed by atoms with Crippen LogP contribution in [0.15, 0.2) is 24.3 Å². The summed E-state index contributed by atoms with van der Waals surface area (Å²) in [5.74, 6) is -1.64. The van der Waals surface area contributed by atoms with Gasteiger partial charge in [-0.1, -0.05) is 13.8 Å². The lowest BCUT2D eigenvalue weighted by Gasteiger charge is -2.17. The molecular formula is C14H21FN2O3S. The van der Waals surface area contributed by atoms with E-state index in [-0.39, 0.29) is 5.75 Å². The van der Waals surface area contributed by atoms with E-state index >= 15 is 0 Å². The predicted molar refractivity (Wildman–Crippen MR) is 81.5 cm³/mol. The van der Waals surface area contributed by atoms with Crippen LogP contribution in [0.2, 0.25) is 0 Å². The van der Waals surface area contributed by atoms with Gasteiger partial charge < -0.3 is 10.2 Å². The van der Waals surface area contributed by atoms with Crippen molar-refractivity contribution in [2.24, 2.45) is 0 Å². The van der Waals surface area contributed by atoms with Crippen molar-refractivity contribution in [1.29, 1.82) is 0 Å². The van der Waals surface area contributed by atoms with Gasteiger partial charge in [0.15, 0.2) is 9.84 Å². The first kappa shape index (κ1) is 17.6. The molecule has 0 heterocycles. The molecule has 0 saturated carbocycles. The van der Waals surface area contributed by atoms with Crippen molar-refractivity contribution in [3.8, 4) is 0 Å². The van der Waals surface area contributed by atoms with E-state index in [1.165, 1.54) is 24.3 Å². The average Bonchev–Trinajstić information content (AvgIpc) is 2.42. The first-order valence-corrected chi connectivity index (χ1v) is 8.66. The van der Waals surface area contributed by atoms with Crippen molar-refractivity contribution in [2.75, 3.05) is 36.5 Å². The van der Waals surface area contributed by atoms with Gasteiger partial charge in [0.2, 0.25) is 5.91 Å². The summed E-state index contributed by atoms with van der Waals surface area (Å²) in [5, 5.41) is 2.44. The van der Waals surface area contributed by atoms with Gasteiger partial charge in [-0.3, -0.25) is 4.79 Å². The fourth-order valence-corrected chi connectivity index (χ4v) is 2.96. The molecule has 0 radical (unpaired) electrons. The normalized spacial score (nSPS) is 11.6. The van der Waals surface area contributed by atoms with Gasteiger partial charge in [-0.05, 0) is 37.4 Å². The molecule has 7 heteroatoms. The molecule has 1 N–H and O–H groups in total. The van der Waals surface area contributed by atoms with E-state index in [0.29, 0.717) is 12.2 Å². The molecule has 21 heavy (non-hydrogen) atoms. The highest BCUT2D eigenvalue weighted by atomic mass is 32.2. The van der Waals surface area contributed by atoms with Crippen LogP contribution >= 0.6 is 0 Å². The molecule has 0 saturated heterocycles. The summed E-state index contributed by atoms with van der Waals surface area (Å²) in [6.45, 7) is 5.87. The number of nitrogens with one attached hydrogen (secondary N) is 1. The SMILES string of the molecule is CCN(CC)CCS(=O)(=O)CC(=O)Nc1ccc(F)cc1. The topological polar surface area (TPSA) is 66.5 Å². The van der Waals surface area contributed by atoms with E-state index in [1.807, 2.05) is 18.7 Å². The lowest BCUT2D eigenvalue weighted by atomic mass is 10.3. The minimum Gasteiger partial charge on any atom is -0.325 e. The third kappa shape index (κ3) is 6.68. The number of benzene rings is 1. The molecule has 0 aromatic heterocycles. The van der Waals surface area contributed by atoms with Gasteiger partial charge in [0, 0.05) is 12.2 Å². The number of carbonyl (C=O) groups is 1. The maximum Gasteiger partial charge on any atom is 0.239 e. The Bertz CT molecular complexity index is 554. The number of carbonyl (C=O) groups excluding carboxylic acids is 1. The highest BCUT2D eigenvalue weighted by Gasteiger charge is 2.17. The minimum atomic E-state index is -3.45. The van der Waals surface area contributed by atoms with Crippen molar-refractivity contribution < 1.29 is 17.6 Å². The number of rotatable bonds is 8. The molecule has 5 nitrogen and oxygen atoms in total. The summed E-state index contributed by atoms with van der Waals surface area (Å²) in [7, 11) is -3.45. The zero-order chi connectivity index (χ0) is 15.9. The van der Waals surface area contributed by atoms with Crippen LogP contribution in [0.25, 0.3) is 0 Å². The lowest BCUT2D eigenvalue weighted by Crippen LogP contribution is -2.32. The van der Waals surface area contributed by atoms with Crippen molar-refractivity contribution in [3.05, 3.63) is 30.1 Å². The number of nitrogens with zero attached hydrogens (tertiary/aromatic N) is 1.